The molecular formula is C18H22N2O7S2. The molecule has 0 aliphatic rings. The Morgan fingerprint density at radius 3 is 2.03 bits per heavy atom. The third-order valence-electron chi connectivity index (χ3n) is 4.45. The average Bonchev–Trinajstić information content (AvgIpc) is 2.68. The summed E-state index contributed by atoms with van der Waals surface area (Å²) in [6, 6.07) is 8.30. The highest BCUT2D eigenvalue weighted by atomic mass is 32.2. The van der Waals surface area contributed by atoms with Crippen molar-refractivity contribution in [2.75, 3.05) is 11.8 Å². The van der Waals surface area contributed by atoms with Gasteiger partial charge in [0.15, 0.2) is 9.84 Å². The number of nitrogens with zero attached hydrogens (tertiary/aromatic N) is 1. The number of rotatable bonds is 9. The molecule has 0 saturated carbocycles. The molecule has 9 nitrogen and oxygen atoms in total. The SMILES string of the molecule is CCC(CC)S(=O)(=O)c1ccc(OC)c(NS(=O)(=O)c2ccc([N+](=O)[O-])cc2)c1. The molecule has 0 aliphatic heterocycles. The van der Waals surface area contributed by atoms with Crippen LogP contribution in [0.3, 0.4) is 0 Å². The van der Waals surface area contributed by atoms with E-state index in [2.05, 4.69) is 4.72 Å². The summed E-state index contributed by atoms with van der Waals surface area (Å²) in [5.74, 6) is 0.138. The lowest BCUT2D eigenvalue weighted by atomic mass is 10.3. The lowest BCUT2D eigenvalue weighted by Crippen LogP contribution is -2.20. The number of hydrogen-bond acceptors (Lipinski definition) is 7. The fraction of sp³-hybridized carbons (Fsp3) is 0.333. The van der Waals surface area contributed by atoms with Gasteiger partial charge in [-0.3, -0.25) is 14.8 Å². The standard InChI is InChI=1S/C18H22N2O7S2/c1-4-14(5-2)28(23,24)16-10-11-18(27-3)17(12-16)19-29(25,26)15-8-6-13(7-9-15)20(21)22/h6-12,14,19H,4-5H2,1-3H3. The summed E-state index contributed by atoms with van der Waals surface area (Å²) >= 11 is 0. The molecule has 0 radical (unpaired) electrons. The lowest BCUT2D eigenvalue weighted by molar-refractivity contribution is -0.384. The van der Waals surface area contributed by atoms with Crippen molar-refractivity contribution in [2.24, 2.45) is 0 Å². The van der Waals surface area contributed by atoms with Gasteiger partial charge in [0.2, 0.25) is 0 Å². The Labute approximate surface area is 169 Å². The topological polar surface area (TPSA) is 133 Å². The van der Waals surface area contributed by atoms with Crippen LogP contribution in [0.2, 0.25) is 0 Å². The normalized spacial score (nSPS) is 12.0. The Morgan fingerprint density at radius 2 is 1.55 bits per heavy atom. The molecule has 158 valence electrons. The van der Waals surface area contributed by atoms with Crippen molar-refractivity contribution < 1.29 is 26.5 Å². The van der Waals surface area contributed by atoms with Crippen LogP contribution in [0.1, 0.15) is 26.7 Å². The summed E-state index contributed by atoms with van der Waals surface area (Å²) in [7, 11) is -6.45. The Balaban J connectivity index is 2.46. The highest BCUT2D eigenvalue weighted by Crippen LogP contribution is 2.32. The number of benzene rings is 2. The number of methoxy groups -OCH3 is 1. The van der Waals surface area contributed by atoms with Gasteiger partial charge in [0, 0.05) is 12.1 Å². The number of anilines is 1. The van der Waals surface area contributed by atoms with Crippen molar-refractivity contribution in [3.8, 4) is 5.75 Å². The van der Waals surface area contributed by atoms with Gasteiger partial charge in [-0.05, 0) is 43.2 Å². The van der Waals surface area contributed by atoms with E-state index < -0.39 is 30.0 Å². The Kier molecular flexibility index (Phi) is 6.85. The number of sulfone groups is 1. The highest BCUT2D eigenvalue weighted by molar-refractivity contribution is 7.93. The second-order valence-electron chi connectivity index (χ2n) is 6.20. The summed E-state index contributed by atoms with van der Waals surface area (Å²) in [4.78, 5) is 9.87. The minimum atomic E-state index is -4.13. The minimum Gasteiger partial charge on any atom is -0.495 e. The Hall–Kier alpha value is -2.66. The molecule has 1 N–H and O–H groups in total. The van der Waals surface area contributed by atoms with Crippen LogP contribution in [0.4, 0.5) is 11.4 Å². The molecule has 29 heavy (non-hydrogen) atoms. The van der Waals surface area contributed by atoms with Crippen LogP contribution in [0.15, 0.2) is 52.3 Å². The highest BCUT2D eigenvalue weighted by Gasteiger charge is 2.26. The first-order chi connectivity index (χ1) is 13.6. The number of sulfonamides is 1. The average molecular weight is 443 g/mol. The fourth-order valence-corrected chi connectivity index (χ4v) is 5.68. The largest absolute Gasteiger partial charge is 0.495 e. The van der Waals surface area contributed by atoms with Gasteiger partial charge >= 0.3 is 0 Å². The third-order valence-corrected chi connectivity index (χ3v) is 8.29. The maximum absolute atomic E-state index is 12.8. The Bertz CT molecular complexity index is 1090. The van der Waals surface area contributed by atoms with Crippen molar-refractivity contribution in [2.45, 2.75) is 41.7 Å². The zero-order chi connectivity index (χ0) is 21.8. The van der Waals surface area contributed by atoms with E-state index in [1.165, 1.54) is 25.3 Å². The van der Waals surface area contributed by atoms with Crippen LogP contribution in [0.25, 0.3) is 0 Å². The first kappa shape index (κ1) is 22.6. The van der Waals surface area contributed by atoms with E-state index in [1.807, 2.05) is 0 Å². The van der Waals surface area contributed by atoms with Gasteiger partial charge < -0.3 is 4.74 Å². The van der Waals surface area contributed by atoms with E-state index in [1.54, 1.807) is 13.8 Å². The molecule has 0 aromatic heterocycles. The molecular weight excluding hydrogens is 420 g/mol. The van der Waals surface area contributed by atoms with Gasteiger partial charge in [-0.1, -0.05) is 13.8 Å². The molecule has 0 saturated heterocycles. The predicted octanol–water partition coefficient (Wildman–Crippen LogP) is 3.37. The lowest BCUT2D eigenvalue weighted by Gasteiger charge is -2.17. The number of hydrogen-bond donors (Lipinski definition) is 1. The number of non-ortho nitro benzene ring substituents is 1. The molecule has 0 amide bonds. The Morgan fingerprint density at radius 1 is 1.00 bits per heavy atom. The van der Waals surface area contributed by atoms with E-state index in [0.717, 1.165) is 24.3 Å². The summed E-state index contributed by atoms with van der Waals surface area (Å²) < 4.78 is 58.4. The van der Waals surface area contributed by atoms with E-state index >= 15 is 0 Å². The third kappa shape index (κ3) is 4.85. The molecule has 0 spiro atoms. The summed E-state index contributed by atoms with van der Waals surface area (Å²) in [5, 5.41) is 10.2. The first-order valence-electron chi connectivity index (χ1n) is 8.76. The number of ether oxygens (including phenoxy) is 1. The van der Waals surface area contributed by atoms with Crippen LogP contribution in [0, 0.1) is 10.1 Å². The second kappa shape index (κ2) is 8.78. The fourth-order valence-electron chi connectivity index (χ4n) is 2.81. The predicted molar refractivity (Wildman–Crippen MR) is 108 cm³/mol. The van der Waals surface area contributed by atoms with Crippen LogP contribution >= 0.6 is 0 Å². The molecule has 2 aromatic rings. The van der Waals surface area contributed by atoms with Crippen molar-refractivity contribution in [1.29, 1.82) is 0 Å². The summed E-state index contributed by atoms with van der Waals surface area (Å²) in [6.45, 7) is 3.54. The summed E-state index contributed by atoms with van der Waals surface area (Å²) in [6.07, 6.45) is 0.851. The molecule has 0 heterocycles. The molecule has 0 fully saturated rings. The van der Waals surface area contributed by atoms with E-state index in [-0.39, 0.29) is 26.9 Å². The zero-order valence-corrected chi connectivity index (χ0v) is 17.8. The van der Waals surface area contributed by atoms with Crippen molar-refractivity contribution in [3.63, 3.8) is 0 Å². The van der Waals surface area contributed by atoms with Gasteiger partial charge in [0.25, 0.3) is 15.7 Å². The van der Waals surface area contributed by atoms with E-state index in [9.17, 15) is 26.9 Å². The number of nitrogens with one attached hydrogen (secondary N) is 1. The minimum absolute atomic E-state index is 0.0200. The molecule has 0 unspecified atom stereocenters. The first-order valence-corrected chi connectivity index (χ1v) is 11.8. The molecule has 2 rings (SSSR count). The monoisotopic (exact) mass is 442 g/mol. The molecule has 2 aromatic carbocycles. The van der Waals surface area contributed by atoms with E-state index in [4.69, 9.17) is 4.74 Å². The van der Waals surface area contributed by atoms with Crippen molar-refractivity contribution >= 4 is 31.2 Å². The van der Waals surface area contributed by atoms with E-state index in [0.29, 0.717) is 12.8 Å². The number of nitro benzene ring substituents is 1. The summed E-state index contributed by atoms with van der Waals surface area (Å²) in [5.41, 5.74) is -0.294. The molecule has 0 bridgehead atoms. The van der Waals surface area contributed by atoms with Crippen LogP contribution in [0.5, 0.6) is 5.75 Å². The molecule has 0 atom stereocenters. The maximum atomic E-state index is 12.8. The van der Waals surface area contributed by atoms with Crippen LogP contribution in [-0.4, -0.2) is 34.1 Å². The molecule has 0 aliphatic carbocycles. The van der Waals surface area contributed by atoms with Gasteiger partial charge in [-0.2, -0.15) is 0 Å². The van der Waals surface area contributed by atoms with Gasteiger partial charge in [0.05, 0.1) is 32.8 Å². The zero-order valence-electron chi connectivity index (χ0n) is 16.2. The van der Waals surface area contributed by atoms with Crippen molar-refractivity contribution in [3.05, 3.63) is 52.6 Å². The van der Waals surface area contributed by atoms with Gasteiger partial charge in [-0.15, -0.1) is 0 Å². The smallest absolute Gasteiger partial charge is 0.269 e. The van der Waals surface area contributed by atoms with Gasteiger partial charge in [0.1, 0.15) is 5.75 Å². The van der Waals surface area contributed by atoms with Crippen LogP contribution in [-0.2, 0) is 19.9 Å². The second-order valence-corrected chi connectivity index (χ2v) is 10.1. The van der Waals surface area contributed by atoms with Crippen LogP contribution < -0.4 is 9.46 Å². The maximum Gasteiger partial charge on any atom is 0.269 e. The van der Waals surface area contributed by atoms with Gasteiger partial charge in [-0.25, -0.2) is 16.8 Å². The molecule has 11 heteroatoms. The quantitative estimate of drug-likeness (QED) is 0.465. The van der Waals surface area contributed by atoms with Crippen molar-refractivity contribution in [1.82, 2.24) is 0 Å². The number of nitro groups is 1.